The van der Waals surface area contributed by atoms with Crippen LogP contribution in [0.15, 0.2) is 17.2 Å². The Morgan fingerprint density at radius 1 is 1.22 bits per heavy atom. The Morgan fingerprint density at radius 2 is 1.87 bits per heavy atom. The number of H-pyrrole nitrogens is 1. The Hall–Kier alpha value is -1.86. The molecule has 0 amide bonds. The number of ether oxygens (including phenoxy) is 1. The number of aromatic amines is 1. The number of nitrogens with zero attached hydrogens (tertiary/aromatic N) is 2. The molecule has 0 aliphatic rings. The van der Waals surface area contributed by atoms with Gasteiger partial charge >= 0.3 is 0 Å². The lowest BCUT2D eigenvalue weighted by Crippen LogP contribution is -2.28. The van der Waals surface area contributed by atoms with E-state index >= 15 is 0 Å². The lowest BCUT2D eigenvalue weighted by atomic mass is 10.1. The average molecular weight is 337 g/mol. The van der Waals surface area contributed by atoms with Gasteiger partial charge in [-0.15, -0.1) is 0 Å². The molecule has 0 atom stereocenters. The maximum atomic E-state index is 13.0. The Labute approximate surface area is 137 Å². The molecule has 126 valence electrons. The van der Waals surface area contributed by atoms with Crippen molar-refractivity contribution in [1.29, 1.82) is 0 Å². The van der Waals surface area contributed by atoms with Crippen molar-refractivity contribution in [1.82, 2.24) is 14.5 Å². The molecule has 0 bridgehead atoms. The summed E-state index contributed by atoms with van der Waals surface area (Å²) >= 11 is 0. The number of aryl methyl sites for hydroxylation is 2. The summed E-state index contributed by atoms with van der Waals surface area (Å²) < 4.78 is 32.7. The van der Waals surface area contributed by atoms with Gasteiger partial charge in [0.2, 0.25) is 10.0 Å². The highest BCUT2D eigenvalue weighted by molar-refractivity contribution is 7.89. The molecule has 0 unspecified atom stereocenters. The van der Waals surface area contributed by atoms with E-state index in [4.69, 9.17) is 4.74 Å². The molecule has 1 heterocycles. The minimum absolute atomic E-state index is 0.272. The number of rotatable bonds is 5. The maximum Gasteiger partial charge on any atom is 0.243 e. The molecule has 1 aromatic heterocycles. The molecule has 2 aromatic rings. The second-order valence-corrected chi connectivity index (χ2v) is 7.74. The van der Waals surface area contributed by atoms with Gasteiger partial charge in [0.05, 0.1) is 18.2 Å². The number of methoxy groups -OCH3 is 1. The molecule has 6 nitrogen and oxygen atoms in total. The number of aromatic nitrogens is 2. The Bertz CT molecular complexity index is 825. The summed E-state index contributed by atoms with van der Waals surface area (Å²) in [5, 5.41) is 6.76. The third-order valence-corrected chi connectivity index (χ3v) is 6.29. The van der Waals surface area contributed by atoms with Crippen LogP contribution >= 0.6 is 0 Å². The highest BCUT2D eigenvalue weighted by atomic mass is 32.2. The van der Waals surface area contributed by atoms with Crippen LogP contribution in [0.5, 0.6) is 5.75 Å². The number of hydrogen-bond donors (Lipinski definition) is 1. The SMILES string of the molecule is COc1cc(C)c(S(=O)(=O)N(C)Cc2cn[nH]c2C)c(C)c1C. The summed E-state index contributed by atoms with van der Waals surface area (Å²) in [6.45, 7) is 7.62. The van der Waals surface area contributed by atoms with Gasteiger partial charge in [-0.1, -0.05) is 0 Å². The first kappa shape index (κ1) is 17.5. The van der Waals surface area contributed by atoms with E-state index in [-0.39, 0.29) is 6.54 Å². The van der Waals surface area contributed by atoms with Crippen LogP contribution in [-0.4, -0.2) is 37.1 Å². The van der Waals surface area contributed by atoms with E-state index in [9.17, 15) is 8.42 Å². The van der Waals surface area contributed by atoms with Crippen LogP contribution in [0.2, 0.25) is 0 Å². The van der Waals surface area contributed by atoms with Crippen molar-refractivity contribution in [3.05, 3.63) is 40.2 Å². The smallest absolute Gasteiger partial charge is 0.243 e. The maximum absolute atomic E-state index is 13.0. The highest BCUT2D eigenvalue weighted by Crippen LogP contribution is 2.32. The fraction of sp³-hybridized carbons (Fsp3) is 0.438. The molecule has 2 rings (SSSR count). The van der Waals surface area contributed by atoms with Crippen LogP contribution in [0.1, 0.15) is 27.9 Å². The van der Waals surface area contributed by atoms with Crippen LogP contribution in [0.4, 0.5) is 0 Å². The zero-order chi connectivity index (χ0) is 17.4. The van der Waals surface area contributed by atoms with Gasteiger partial charge in [-0.2, -0.15) is 9.40 Å². The molecule has 0 saturated heterocycles. The molecule has 0 fully saturated rings. The summed E-state index contributed by atoms with van der Waals surface area (Å²) in [6.07, 6.45) is 1.65. The van der Waals surface area contributed by atoms with Gasteiger partial charge in [-0.25, -0.2) is 8.42 Å². The van der Waals surface area contributed by atoms with Crippen molar-refractivity contribution in [2.45, 2.75) is 39.1 Å². The molecule has 0 aliphatic heterocycles. The fourth-order valence-corrected chi connectivity index (χ4v) is 4.27. The molecule has 0 saturated carbocycles. The van der Waals surface area contributed by atoms with E-state index in [1.807, 2.05) is 20.8 Å². The molecule has 0 aliphatic carbocycles. The van der Waals surface area contributed by atoms with E-state index in [0.717, 1.165) is 22.4 Å². The molecule has 0 radical (unpaired) electrons. The Kier molecular flexibility index (Phi) is 4.81. The summed E-state index contributed by atoms with van der Waals surface area (Å²) in [4.78, 5) is 0.347. The summed E-state index contributed by atoms with van der Waals surface area (Å²) in [7, 11) is -0.434. The zero-order valence-electron chi connectivity index (χ0n) is 14.4. The van der Waals surface area contributed by atoms with Crippen molar-refractivity contribution in [2.24, 2.45) is 0 Å². The predicted octanol–water partition coefficient (Wildman–Crippen LogP) is 2.47. The molecule has 1 aromatic carbocycles. The first-order valence-corrected chi connectivity index (χ1v) is 8.74. The van der Waals surface area contributed by atoms with Gasteiger partial charge in [0, 0.05) is 24.8 Å². The first-order valence-electron chi connectivity index (χ1n) is 7.30. The number of sulfonamides is 1. The molecule has 7 heteroatoms. The third-order valence-electron chi connectivity index (χ3n) is 4.19. The average Bonchev–Trinajstić information content (AvgIpc) is 2.88. The van der Waals surface area contributed by atoms with Gasteiger partial charge in [0.1, 0.15) is 5.75 Å². The van der Waals surface area contributed by atoms with Crippen LogP contribution < -0.4 is 4.74 Å². The van der Waals surface area contributed by atoms with Crippen molar-refractivity contribution in [3.8, 4) is 5.75 Å². The van der Waals surface area contributed by atoms with Crippen LogP contribution in [0, 0.1) is 27.7 Å². The summed E-state index contributed by atoms with van der Waals surface area (Å²) in [6, 6.07) is 1.77. The van der Waals surface area contributed by atoms with Crippen molar-refractivity contribution in [3.63, 3.8) is 0 Å². The monoisotopic (exact) mass is 337 g/mol. The third kappa shape index (κ3) is 3.11. The van der Waals surface area contributed by atoms with Crippen LogP contribution in [0.3, 0.4) is 0 Å². The van der Waals surface area contributed by atoms with E-state index < -0.39 is 10.0 Å². The van der Waals surface area contributed by atoms with Crippen molar-refractivity contribution < 1.29 is 13.2 Å². The molecular weight excluding hydrogens is 314 g/mol. The van der Waals surface area contributed by atoms with Gasteiger partial charge < -0.3 is 4.74 Å². The molecule has 1 N–H and O–H groups in total. The van der Waals surface area contributed by atoms with E-state index in [2.05, 4.69) is 10.2 Å². The van der Waals surface area contributed by atoms with E-state index in [0.29, 0.717) is 16.2 Å². The lowest BCUT2D eigenvalue weighted by Gasteiger charge is -2.22. The van der Waals surface area contributed by atoms with E-state index in [1.54, 1.807) is 33.3 Å². The van der Waals surface area contributed by atoms with Gasteiger partial charge in [0.25, 0.3) is 0 Å². The molecular formula is C16H23N3O3S. The number of benzene rings is 1. The molecule has 23 heavy (non-hydrogen) atoms. The zero-order valence-corrected chi connectivity index (χ0v) is 15.2. The summed E-state index contributed by atoms with van der Waals surface area (Å²) in [5.74, 6) is 0.701. The normalized spacial score (nSPS) is 12.0. The van der Waals surface area contributed by atoms with Gasteiger partial charge in [-0.3, -0.25) is 5.10 Å². The Morgan fingerprint density at radius 3 is 2.39 bits per heavy atom. The second-order valence-electron chi connectivity index (χ2n) is 5.76. The quantitative estimate of drug-likeness (QED) is 0.909. The predicted molar refractivity (Wildman–Crippen MR) is 89.2 cm³/mol. The van der Waals surface area contributed by atoms with Gasteiger partial charge in [-0.05, 0) is 50.5 Å². The fourth-order valence-electron chi connectivity index (χ4n) is 2.65. The Balaban J connectivity index is 2.48. The van der Waals surface area contributed by atoms with Gasteiger partial charge in [0.15, 0.2) is 0 Å². The van der Waals surface area contributed by atoms with E-state index in [1.165, 1.54) is 4.31 Å². The topological polar surface area (TPSA) is 75.3 Å². The largest absolute Gasteiger partial charge is 0.496 e. The molecule has 0 spiro atoms. The minimum Gasteiger partial charge on any atom is -0.496 e. The lowest BCUT2D eigenvalue weighted by molar-refractivity contribution is 0.410. The second kappa shape index (κ2) is 6.33. The highest BCUT2D eigenvalue weighted by Gasteiger charge is 2.27. The minimum atomic E-state index is -3.60. The van der Waals surface area contributed by atoms with Crippen molar-refractivity contribution >= 4 is 10.0 Å². The first-order chi connectivity index (χ1) is 10.7. The number of nitrogens with one attached hydrogen (secondary N) is 1. The van der Waals surface area contributed by atoms with Crippen LogP contribution in [0.25, 0.3) is 0 Å². The van der Waals surface area contributed by atoms with Crippen molar-refractivity contribution in [2.75, 3.05) is 14.2 Å². The number of hydrogen-bond acceptors (Lipinski definition) is 4. The standard InChI is InChI=1S/C16H23N3O3S/c1-10-7-15(22-6)11(2)12(3)16(10)23(20,21)19(5)9-14-8-17-18-13(14)4/h7-8H,9H2,1-6H3,(H,17,18). The summed E-state index contributed by atoms with van der Waals surface area (Å²) in [5.41, 5.74) is 3.96. The van der Waals surface area contributed by atoms with Crippen LogP contribution in [-0.2, 0) is 16.6 Å².